The zero-order valence-electron chi connectivity index (χ0n) is 6.99. The Morgan fingerprint density at radius 2 is 1.92 bits per heavy atom. The van der Waals surface area contributed by atoms with Crippen LogP contribution in [0, 0.1) is 11.8 Å². The number of aliphatic hydroxyl groups is 1. The first kappa shape index (κ1) is 8.05. The number of carbonyl (C=O) groups is 1. The highest BCUT2D eigenvalue weighted by Crippen LogP contribution is 2.50. The van der Waals surface area contributed by atoms with Gasteiger partial charge >= 0.3 is 5.97 Å². The molecule has 0 radical (unpaired) electrons. The first-order chi connectivity index (χ1) is 5.62. The van der Waals surface area contributed by atoms with Gasteiger partial charge in [0.05, 0.1) is 11.5 Å². The monoisotopic (exact) mass is 170 g/mol. The molecular weight excluding hydrogens is 156 g/mol. The molecule has 2 aliphatic rings. The quantitative estimate of drug-likeness (QED) is 0.650. The summed E-state index contributed by atoms with van der Waals surface area (Å²) >= 11 is 0. The van der Waals surface area contributed by atoms with E-state index in [0.717, 1.165) is 12.8 Å². The second-order valence-corrected chi connectivity index (χ2v) is 4.17. The average Bonchev–Trinajstić information content (AvgIpc) is 1.77. The van der Waals surface area contributed by atoms with Crippen LogP contribution in [-0.2, 0) is 4.79 Å². The minimum atomic E-state index is -0.751. The lowest BCUT2D eigenvalue weighted by atomic mass is 9.59. The van der Waals surface area contributed by atoms with Gasteiger partial charge in [-0.3, -0.25) is 4.79 Å². The Hall–Kier alpha value is -0.570. The maximum atomic E-state index is 10.5. The molecule has 3 heteroatoms. The first-order valence-corrected chi connectivity index (χ1v) is 4.57. The maximum Gasteiger partial charge on any atom is 0.306 e. The van der Waals surface area contributed by atoms with E-state index in [1.165, 1.54) is 6.42 Å². The molecular formula is C9H14O3. The predicted octanol–water partition coefficient (Wildman–Crippen LogP) is 1.01. The van der Waals surface area contributed by atoms with Gasteiger partial charge in [-0.25, -0.2) is 0 Å². The number of carboxylic acids is 1. The Morgan fingerprint density at radius 1 is 1.33 bits per heavy atom. The third-order valence-electron chi connectivity index (χ3n) is 3.41. The van der Waals surface area contributed by atoms with Crippen LogP contribution in [0.25, 0.3) is 0 Å². The molecule has 0 aliphatic heterocycles. The van der Waals surface area contributed by atoms with Gasteiger partial charge in [-0.2, -0.15) is 0 Å². The number of rotatable bonds is 2. The molecule has 0 atom stereocenters. The summed E-state index contributed by atoms with van der Waals surface area (Å²) in [5.41, 5.74) is -0.610. The van der Waals surface area contributed by atoms with Gasteiger partial charge in [0, 0.05) is 0 Å². The third kappa shape index (κ3) is 1.04. The lowest BCUT2D eigenvalue weighted by molar-refractivity contribution is -0.173. The molecule has 68 valence electrons. The fourth-order valence-electron chi connectivity index (χ4n) is 2.25. The number of carboxylic acid groups (broad SMARTS) is 1. The Balaban J connectivity index is 1.88. The van der Waals surface area contributed by atoms with Crippen LogP contribution >= 0.6 is 0 Å². The molecule has 2 aliphatic carbocycles. The van der Waals surface area contributed by atoms with Crippen LogP contribution in [0.3, 0.4) is 0 Å². The van der Waals surface area contributed by atoms with E-state index >= 15 is 0 Å². The fourth-order valence-corrected chi connectivity index (χ4v) is 2.25. The Kier molecular flexibility index (Phi) is 1.65. The van der Waals surface area contributed by atoms with Gasteiger partial charge < -0.3 is 10.2 Å². The van der Waals surface area contributed by atoms with Crippen LogP contribution in [0.15, 0.2) is 0 Å². The minimum absolute atomic E-state index is 0.282. The molecule has 0 unspecified atom stereocenters. The summed E-state index contributed by atoms with van der Waals surface area (Å²) in [6.45, 7) is 0. The first-order valence-electron chi connectivity index (χ1n) is 4.57. The molecule has 0 saturated heterocycles. The van der Waals surface area contributed by atoms with E-state index in [1.54, 1.807) is 0 Å². The Morgan fingerprint density at radius 3 is 2.25 bits per heavy atom. The van der Waals surface area contributed by atoms with Crippen molar-refractivity contribution in [1.29, 1.82) is 0 Å². The fraction of sp³-hybridized carbons (Fsp3) is 0.889. The Labute approximate surface area is 71.4 Å². The third-order valence-corrected chi connectivity index (χ3v) is 3.41. The molecule has 2 N–H and O–H groups in total. The number of hydrogen-bond acceptors (Lipinski definition) is 2. The summed E-state index contributed by atoms with van der Waals surface area (Å²) in [5, 5.41) is 18.5. The van der Waals surface area contributed by atoms with Gasteiger partial charge in [0.2, 0.25) is 0 Å². The standard InChI is InChI=1S/C9H14O3/c10-8(11)6-4-9(12,5-6)7-2-1-3-7/h6-7,12H,1-5H2,(H,10,11). The van der Waals surface area contributed by atoms with E-state index in [0.29, 0.717) is 18.8 Å². The molecule has 0 spiro atoms. The molecule has 2 fully saturated rings. The summed E-state index contributed by atoms with van der Waals surface area (Å²) in [6, 6.07) is 0. The summed E-state index contributed by atoms with van der Waals surface area (Å²) in [4.78, 5) is 10.5. The normalized spacial score (nSPS) is 41.6. The smallest absolute Gasteiger partial charge is 0.306 e. The van der Waals surface area contributed by atoms with Crippen molar-refractivity contribution in [1.82, 2.24) is 0 Å². The van der Waals surface area contributed by atoms with E-state index in [2.05, 4.69) is 0 Å². The lowest BCUT2D eigenvalue weighted by Crippen LogP contribution is -2.54. The highest BCUT2D eigenvalue weighted by atomic mass is 16.4. The summed E-state index contributed by atoms with van der Waals surface area (Å²) in [5.74, 6) is -0.636. The van der Waals surface area contributed by atoms with Crippen molar-refractivity contribution in [2.75, 3.05) is 0 Å². The molecule has 3 nitrogen and oxygen atoms in total. The van der Waals surface area contributed by atoms with E-state index in [4.69, 9.17) is 5.11 Å². The second kappa shape index (κ2) is 2.46. The van der Waals surface area contributed by atoms with Crippen LogP contribution in [0.4, 0.5) is 0 Å². The van der Waals surface area contributed by atoms with Crippen LogP contribution in [0.2, 0.25) is 0 Å². The highest BCUT2D eigenvalue weighted by Gasteiger charge is 2.52. The largest absolute Gasteiger partial charge is 0.481 e. The predicted molar refractivity (Wildman–Crippen MR) is 42.7 cm³/mol. The zero-order valence-corrected chi connectivity index (χ0v) is 6.99. The topological polar surface area (TPSA) is 57.5 Å². The van der Waals surface area contributed by atoms with Gasteiger partial charge in [-0.05, 0) is 31.6 Å². The van der Waals surface area contributed by atoms with E-state index < -0.39 is 11.6 Å². The molecule has 0 heterocycles. The number of hydrogen-bond donors (Lipinski definition) is 2. The van der Waals surface area contributed by atoms with Crippen molar-refractivity contribution < 1.29 is 15.0 Å². The molecule has 0 bridgehead atoms. The van der Waals surface area contributed by atoms with E-state index in [1.807, 2.05) is 0 Å². The molecule has 2 saturated carbocycles. The maximum absolute atomic E-state index is 10.5. The Bertz CT molecular complexity index is 202. The minimum Gasteiger partial charge on any atom is -0.481 e. The molecule has 2 rings (SSSR count). The van der Waals surface area contributed by atoms with Gasteiger partial charge in [0.25, 0.3) is 0 Å². The van der Waals surface area contributed by atoms with Crippen LogP contribution in [-0.4, -0.2) is 21.8 Å². The summed E-state index contributed by atoms with van der Waals surface area (Å²) in [6.07, 6.45) is 4.33. The molecule has 0 aromatic carbocycles. The zero-order chi connectivity index (χ0) is 8.77. The molecule has 12 heavy (non-hydrogen) atoms. The molecule has 0 aromatic heterocycles. The SMILES string of the molecule is O=C(O)C1CC(O)(C2CCC2)C1. The van der Waals surface area contributed by atoms with Crippen LogP contribution in [0.5, 0.6) is 0 Å². The van der Waals surface area contributed by atoms with Crippen LogP contribution in [0.1, 0.15) is 32.1 Å². The van der Waals surface area contributed by atoms with Crippen molar-refractivity contribution in [2.24, 2.45) is 11.8 Å². The average molecular weight is 170 g/mol. The second-order valence-electron chi connectivity index (χ2n) is 4.17. The van der Waals surface area contributed by atoms with Gasteiger partial charge in [-0.15, -0.1) is 0 Å². The lowest BCUT2D eigenvalue weighted by Gasteiger charge is -2.50. The van der Waals surface area contributed by atoms with Crippen molar-refractivity contribution in [2.45, 2.75) is 37.7 Å². The van der Waals surface area contributed by atoms with Crippen molar-refractivity contribution in [3.63, 3.8) is 0 Å². The van der Waals surface area contributed by atoms with E-state index in [-0.39, 0.29) is 5.92 Å². The number of aliphatic carboxylic acids is 1. The summed E-state index contributed by atoms with van der Waals surface area (Å²) < 4.78 is 0. The highest BCUT2D eigenvalue weighted by molar-refractivity contribution is 5.71. The molecule has 0 amide bonds. The van der Waals surface area contributed by atoms with Crippen molar-refractivity contribution in [3.05, 3.63) is 0 Å². The van der Waals surface area contributed by atoms with Crippen molar-refractivity contribution in [3.8, 4) is 0 Å². The van der Waals surface area contributed by atoms with E-state index in [9.17, 15) is 9.90 Å². The van der Waals surface area contributed by atoms with Gasteiger partial charge in [0.1, 0.15) is 0 Å². The molecule has 0 aromatic rings. The van der Waals surface area contributed by atoms with Gasteiger partial charge in [0.15, 0.2) is 0 Å². The summed E-state index contributed by atoms with van der Waals surface area (Å²) in [7, 11) is 0. The van der Waals surface area contributed by atoms with Crippen LogP contribution < -0.4 is 0 Å². The van der Waals surface area contributed by atoms with Crippen molar-refractivity contribution >= 4 is 5.97 Å². The van der Waals surface area contributed by atoms with Gasteiger partial charge in [-0.1, -0.05) is 6.42 Å².